The number of halogens is 1. The molecule has 6 heteroatoms. The second-order valence-electron chi connectivity index (χ2n) is 3.13. The molecule has 1 aromatic heterocycles. The van der Waals surface area contributed by atoms with Gasteiger partial charge in [-0.1, -0.05) is 0 Å². The van der Waals surface area contributed by atoms with Crippen LogP contribution in [0.2, 0.25) is 0 Å². The van der Waals surface area contributed by atoms with E-state index in [0.717, 1.165) is 0 Å². The van der Waals surface area contributed by atoms with E-state index in [1.165, 1.54) is 4.68 Å². The van der Waals surface area contributed by atoms with Crippen molar-refractivity contribution in [2.75, 3.05) is 11.6 Å². The Balaban J connectivity index is 2.77. The van der Waals surface area contributed by atoms with Crippen molar-refractivity contribution in [1.82, 2.24) is 9.78 Å². The van der Waals surface area contributed by atoms with Gasteiger partial charge in [0.15, 0.2) is 5.82 Å². The third-order valence-electron chi connectivity index (χ3n) is 1.98. The van der Waals surface area contributed by atoms with E-state index in [4.69, 9.17) is 17.3 Å². The van der Waals surface area contributed by atoms with Crippen molar-refractivity contribution < 1.29 is 10.2 Å². The van der Waals surface area contributed by atoms with Crippen molar-refractivity contribution in [3.05, 3.63) is 11.8 Å². The van der Waals surface area contributed by atoms with Gasteiger partial charge < -0.3 is 15.9 Å². The molecule has 0 aromatic carbocycles. The van der Waals surface area contributed by atoms with E-state index < -0.39 is 12.2 Å². The van der Waals surface area contributed by atoms with Crippen LogP contribution in [0, 0.1) is 0 Å². The summed E-state index contributed by atoms with van der Waals surface area (Å²) in [7, 11) is 1.69. The van der Waals surface area contributed by atoms with E-state index in [9.17, 15) is 10.2 Å². The molecule has 5 nitrogen and oxygen atoms in total. The maximum Gasteiger partial charge on any atom is 0.151 e. The summed E-state index contributed by atoms with van der Waals surface area (Å²) in [6.07, 6.45) is -0.0319. The van der Waals surface area contributed by atoms with E-state index in [0.29, 0.717) is 17.9 Å². The summed E-state index contributed by atoms with van der Waals surface area (Å²) in [6, 6.07) is 0. The van der Waals surface area contributed by atoms with Crippen LogP contribution in [0.4, 0.5) is 5.82 Å². The summed E-state index contributed by atoms with van der Waals surface area (Å²) in [5.74, 6) is 0.520. The predicted octanol–water partition coefficient (Wildman–Crippen LogP) is 0.0255. The molecule has 0 fully saturated rings. The molecule has 14 heavy (non-hydrogen) atoms. The van der Waals surface area contributed by atoms with Crippen molar-refractivity contribution in [1.29, 1.82) is 0 Å². The van der Waals surface area contributed by atoms with Crippen molar-refractivity contribution in [3.63, 3.8) is 0 Å². The van der Waals surface area contributed by atoms with Crippen LogP contribution in [0.15, 0.2) is 6.20 Å². The van der Waals surface area contributed by atoms with Crippen molar-refractivity contribution >= 4 is 17.4 Å². The van der Waals surface area contributed by atoms with Crippen molar-refractivity contribution in [3.8, 4) is 0 Å². The first kappa shape index (κ1) is 11.3. The number of hydrogen-bond acceptors (Lipinski definition) is 4. The minimum absolute atomic E-state index is 0.230. The Labute approximate surface area is 87.1 Å². The molecule has 0 spiro atoms. The second-order valence-corrected chi connectivity index (χ2v) is 3.51. The number of aliphatic hydroxyl groups excluding tert-OH is 2. The number of alkyl halides is 1. The Morgan fingerprint density at radius 3 is 2.71 bits per heavy atom. The molecule has 2 unspecified atom stereocenters. The van der Waals surface area contributed by atoms with Gasteiger partial charge in [-0.25, -0.2) is 0 Å². The topological polar surface area (TPSA) is 84.3 Å². The van der Waals surface area contributed by atoms with E-state index in [2.05, 4.69) is 5.10 Å². The number of anilines is 1. The molecule has 0 radical (unpaired) electrons. The summed E-state index contributed by atoms with van der Waals surface area (Å²) < 4.78 is 1.49. The van der Waals surface area contributed by atoms with Gasteiger partial charge in [-0.3, -0.25) is 4.68 Å². The van der Waals surface area contributed by atoms with Crippen LogP contribution >= 0.6 is 11.6 Å². The number of nitrogens with two attached hydrogens (primary N) is 1. The fourth-order valence-electron chi connectivity index (χ4n) is 1.23. The number of aromatic nitrogens is 2. The van der Waals surface area contributed by atoms with Crippen LogP contribution < -0.4 is 5.73 Å². The highest BCUT2D eigenvalue weighted by Crippen LogP contribution is 2.23. The van der Waals surface area contributed by atoms with E-state index >= 15 is 0 Å². The smallest absolute Gasteiger partial charge is 0.151 e. The lowest BCUT2D eigenvalue weighted by molar-refractivity contribution is 0.0174. The molecule has 1 aromatic rings. The van der Waals surface area contributed by atoms with Crippen LogP contribution in [0.5, 0.6) is 0 Å². The zero-order valence-electron chi connectivity index (χ0n) is 7.89. The first-order valence-corrected chi connectivity index (χ1v) is 4.80. The average Bonchev–Trinajstić information content (AvgIpc) is 2.44. The minimum Gasteiger partial charge on any atom is -0.390 e. The molecule has 4 N–H and O–H groups in total. The Bertz CT molecular complexity index is 303. The third-order valence-corrected chi connectivity index (χ3v) is 2.19. The molecule has 2 atom stereocenters. The average molecular weight is 220 g/mol. The Hall–Kier alpha value is -0.780. The molecule has 0 amide bonds. The molecule has 0 bridgehead atoms. The zero-order valence-corrected chi connectivity index (χ0v) is 8.65. The molecular formula is C8H14ClN3O2. The quantitative estimate of drug-likeness (QED) is 0.624. The highest BCUT2D eigenvalue weighted by Gasteiger charge is 2.21. The van der Waals surface area contributed by atoms with E-state index in [1.807, 2.05) is 0 Å². The van der Waals surface area contributed by atoms with Gasteiger partial charge in [0.1, 0.15) is 6.10 Å². The van der Waals surface area contributed by atoms with Gasteiger partial charge in [0.25, 0.3) is 0 Å². The molecule has 0 aliphatic heterocycles. The molecule has 1 heterocycles. The van der Waals surface area contributed by atoms with Crippen molar-refractivity contribution in [2.24, 2.45) is 7.05 Å². The molecular weight excluding hydrogens is 206 g/mol. The predicted molar refractivity (Wildman–Crippen MR) is 53.9 cm³/mol. The highest BCUT2D eigenvalue weighted by atomic mass is 35.5. The zero-order chi connectivity index (χ0) is 10.7. The second kappa shape index (κ2) is 4.63. The van der Waals surface area contributed by atoms with Gasteiger partial charge in [0.2, 0.25) is 0 Å². The molecule has 0 saturated heterocycles. The largest absolute Gasteiger partial charge is 0.390 e. The Morgan fingerprint density at radius 2 is 2.29 bits per heavy atom. The normalized spacial score (nSPS) is 15.4. The lowest BCUT2D eigenvalue weighted by Gasteiger charge is -2.15. The Morgan fingerprint density at radius 1 is 1.64 bits per heavy atom. The van der Waals surface area contributed by atoms with E-state index in [-0.39, 0.29) is 5.82 Å². The third kappa shape index (κ3) is 2.37. The molecule has 1 rings (SSSR count). The summed E-state index contributed by atoms with van der Waals surface area (Å²) in [5.41, 5.74) is 5.98. The Kier molecular flexibility index (Phi) is 3.74. The molecule has 0 aliphatic rings. The highest BCUT2D eigenvalue weighted by molar-refractivity contribution is 6.17. The summed E-state index contributed by atoms with van der Waals surface area (Å²) >= 11 is 5.45. The van der Waals surface area contributed by atoms with Gasteiger partial charge in [-0.2, -0.15) is 5.10 Å². The first-order chi connectivity index (χ1) is 6.56. The number of nitrogens with zero attached hydrogens (tertiary/aromatic N) is 2. The lowest BCUT2D eigenvalue weighted by Crippen LogP contribution is -2.19. The number of aliphatic hydroxyl groups is 2. The first-order valence-electron chi connectivity index (χ1n) is 4.27. The van der Waals surface area contributed by atoms with Gasteiger partial charge in [0, 0.05) is 24.7 Å². The number of nitrogen functional groups attached to an aromatic ring is 1. The lowest BCUT2D eigenvalue weighted by atomic mass is 10.1. The van der Waals surface area contributed by atoms with Crippen LogP contribution in [0.3, 0.4) is 0 Å². The monoisotopic (exact) mass is 219 g/mol. The standard InChI is InChI=1S/C8H14ClN3O2/c1-12-4-5(8(10)11-12)7(14)6(13)2-3-9/h4,6-7,13-14H,2-3H2,1H3,(H2,10,11). The maximum atomic E-state index is 9.67. The van der Waals surface area contributed by atoms with Gasteiger partial charge in [-0.05, 0) is 6.42 Å². The SMILES string of the molecule is Cn1cc(C(O)C(O)CCCl)c(N)n1. The molecule has 80 valence electrons. The number of hydrogen-bond donors (Lipinski definition) is 3. The molecule has 0 aliphatic carbocycles. The van der Waals surface area contributed by atoms with Crippen molar-refractivity contribution in [2.45, 2.75) is 18.6 Å². The number of aryl methyl sites for hydroxylation is 1. The molecule has 0 saturated carbocycles. The van der Waals surface area contributed by atoms with Crippen LogP contribution in [0.1, 0.15) is 18.1 Å². The van der Waals surface area contributed by atoms with Crippen LogP contribution in [-0.2, 0) is 7.05 Å². The fraction of sp³-hybridized carbons (Fsp3) is 0.625. The van der Waals surface area contributed by atoms with Crippen LogP contribution in [-0.4, -0.2) is 32.0 Å². The minimum atomic E-state index is -1.03. The van der Waals surface area contributed by atoms with E-state index in [1.54, 1.807) is 13.2 Å². The van der Waals surface area contributed by atoms with Gasteiger partial charge in [-0.15, -0.1) is 11.6 Å². The summed E-state index contributed by atoms with van der Waals surface area (Å²) in [5, 5.41) is 23.0. The van der Waals surface area contributed by atoms with Gasteiger partial charge in [0.05, 0.1) is 6.10 Å². The van der Waals surface area contributed by atoms with Crippen LogP contribution in [0.25, 0.3) is 0 Å². The summed E-state index contributed by atoms with van der Waals surface area (Å²) in [4.78, 5) is 0. The number of rotatable bonds is 4. The van der Waals surface area contributed by atoms with Gasteiger partial charge >= 0.3 is 0 Å². The maximum absolute atomic E-state index is 9.67. The fourth-order valence-corrected chi connectivity index (χ4v) is 1.45. The summed E-state index contributed by atoms with van der Waals surface area (Å²) in [6.45, 7) is 0.